The first-order valence-electron chi connectivity index (χ1n) is 2.33. The first kappa shape index (κ1) is 7.61. The van der Waals surface area contributed by atoms with Crippen molar-refractivity contribution < 1.29 is 19.2 Å². The quantitative estimate of drug-likeness (QED) is 0.540. The lowest BCUT2D eigenvalue weighted by Crippen LogP contribution is -2.04. The number of hydrogen-bond acceptors (Lipinski definition) is 2. The largest absolute Gasteiger partial charge is 0.429 e. The Kier molecular flexibility index (Phi) is 2.22. The van der Waals surface area contributed by atoms with Gasteiger partial charge in [-0.3, -0.25) is 4.84 Å². The fraction of sp³-hybridized carbons (Fsp3) is 1.00. The van der Waals surface area contributed by atoms with Crippen LogP contribution in [0.5, 0.6) is 0 Å². The smallest absolute Gasteiger partial charge is 0.311 e. The fourth-order valence-corrected chi connectivity index (χ4v) is 2.31. The van der Waals surface area contributed by atoms with E-state index in [1.54, 1.807) is 0 Å². The Morgan fingerprint density at radius 1 is 1.67 bits per heavy atom. The van der Waals surface area contributed by atoms with E-state index in [0.29, 0.717) is 12.8 Å². The molecule has 0 radical (unpaired) electrons. The molecule has 0 amide bonds. The highest BCUT2D eigenvalue weighted by Gasteiger charge is 2.29. The van der Waals surface area contributed by atoms with Crippen molar-refractivity contribution in [2.24, 2.45) is 0 Å². The molecule has 7 heteroatoms. The summed E-state index contributed by atoms with van der Waals surface area (Å²) >= 11 is 0. The minimum atomic E-state index is -4.09. The molecule has 0 bridgehead atoms. The first-order chi connectivity index (χ1) is 4.11. The van der Waals surface area contributed by atoms with Crippen LogP contribution in [0.15, 0.2) is 0 Å². The van der Waals surface area contributed by atoms with Gasteiger partial charge in [-0.25, -0.2) is 4.57 Å². The van der Waals surface area contributed by atoms with Crippen molar-refractivity contribution in [2.45, 2.75) is 0 Å². The molecule has 0 aromatic rings. The van der Waals surface area contributed by atoms with E-state index in [4.69, 9.17) is 9.79 Å². The molecule has 0 saturated carbocycles. The Bertz CT molecular complexity index is 138. The molecule has 2 N–H and O–H groups in total. The Hall–Kier alpha value is 0.500. The Morgan fingerprint density at radius 3 is 2.56 bits per heavy atom. The van der Waals surface area contributed by atoms with E-state index < -0.39 is 7.75 Å². The van der Waals surface area contributed by atoms with Crippen molar-refractivity contribution in [2.75, 3.05) is 12.8 Å². The van der Waals surface area contributed by atoms with Crippen LogP contribution in [0, 0.1) is 0 Å². The molecule has 9 heavy (non-hydrogen) atoms. The Labute approximate surface area is 54.0 Å². The summed E-state index contributed by atoms with van der Waals surface area (Å²) in [6, 6.07) is 0. The van der Waals surface area contributed by atoms with E-state index >= 15 is 0 Å². The van der Waals surface area contributed by atoms with Crippen LogP contribution in [0.2, 0.25) is 0 Å². The third-order valence-corrected chi connectivity index (χ3v) is 3.42. The van der Waals surface area contributed by atoms with E-state index in [1.165, 1.54) is 0 Å². The first-order valence-corrected chi connectivity index (χ1v) is 5.05. The van der Waals surface area contributed by atoms with Gasteiger partial charge in [0.15, 0.2) is 0 Å². The lowest BCUT2D eigenvalue weighted by atomic mass is 10.9. The molecule has 0 aromatic carbocycles. The van der Waals surface area contributed by atoms with Gasteiger partial charge in [0.1, 0.15) is 0 Å². The molecule has 54 valence electrons. The van der Waals surface area contributed by atoms with Crippen molar-refractivity contribution in [1.29, 1.82) is 0 Å². The molecule has 0 aromatic heterocycles. The maximum absolute atomic E-state index is 10.3. The van der Waals surface area contributed by atoms with E-state index in [9.17, 15) is 4.57 Å². The van der Waals surface area contributed by atoms with E-state index in [2.05, 4.69) is 4.84 Å². The molecule has 1 aliphatic heterocycles. The summed E-state index contributed by atoms with van der Waals surface area (Å²) in [5, 5.41) is 0. The highest BCUT2D eigenvalue weighted by molar-refractivity contribution is 7.59. The lowest BCUT2D eigenvalue weighted by molar-refractivity contribution is -0.00428. The highest BCUT2D eigenvalue weighted by atomic mass is 31.2. The molecule has 1 heterocycles. The summed E-state index contributed by atoms with van der Waals surface area (Å²) in [6.45, 7) is 0.420. The van der Waals surface area contributed by atoms with E-state index in [-0.39, 0.29) is 8.73 Å². The van der Waals surface area contributed by atoms with Crippen LogP contribution in [0.3, 0.4) is 0 Å². The van der Waals surface area contributed by atoms with Crippen molar-refractivity contribution in [3.05, 3.63) is 0 Å². The van der Waals surface area contributed by atoms with Crippen LogP contribution in [0.1, 0.15) is 0 Å². The number of rotatable bonds is 1. The molecule has 1 aliphatic rings. The predicted molar refractivity (Wildman–Crippen MR) is 33.0 cm³/mol. The fourth-order valence-electron chi connectivity index (χ4n) is 0.486. The zero-order chi connectivity index (χ0) is 6.91. The zero-order valence-corrected chi connectivity index (χ0v) is 6.41. The summed E-state index contributed by atoms with van der Waals surface area (Å²) < 4.78 is 11.1. The molecule has 5 nitrogen and oxygen atoms in total. The van der Waals surface area contributed by atoms with Crippen LogP contribution in [-0.4, -0.2) is 27.2 Å². The van der Waals surface area contributed by atoms with E-state index in [1.807, 2.05) is 0 Å². The molecule has 1 unspecified atom stereocenters. The minimum absolute atomic E-state index is 0.0992. The summed E-state index contributed by atoms with van der Waals surface area (Å²) in [4.78, 5) is 21.5. The average molecular weight is 171 g/mol. The van der Waals surface area contributed by atoms with Gasteiger partial charge in [-0.1, -0.05) is 4.60 Å². The maximum Gasteiger partial charge on any atom is 0.429 e. The van der Waals surface area contributed by atoms with Crippen LogP contribution < -0.4 is 0 Å². The number of nitrogens with zero attached hydrogens (tertiary/aromatic N) is 1. The summed E-state index contributed by atoms with van der Waals surface area (Å²) in [5.41, 5.74) is 0. The second kappa shape index (κ2) is 2.62. The lowest BCUT2D eigenvalue weighted by Gasteiger charge is -2.12. The van der Waals surface area contributed by atoms with Gasteiger partial charge in [0, 0.05) is 6.16 Å². The highest BCUT2D eigenvalue weighted by Crippen LogP contribution is 2.50. The summed E-state index contributed by atoms with van der Waals surface area (Å²) in [6.07, 6.45) is 0.713. The minimum Gasteiger partial charge on any atom is -0.311 e. The molecule has 0 spiro atoms. The molecule has 0 aliphatic carbocycles. The second-order valence-corrected chi connectivity index (χ2v) is 4.52. The van der Waals surface area contributed by atoms with Crippen molar-refractivity contribution in [3.8, 4) is 0 Å². The third kappa shape index (κ3) is 1.97. The molecule has 1 rings (SSSR count). The SMILES string of the molecule is O=P(O)(O)N1OCCP1. The van der Waals surface area contributed by atoms with Gasteiger partial charge in [0.2, 0.25) is 0 Å². The zero-order valence-electron chi connectivity index (χ0n) is 4.52. The normalized spacial score (nSPS) is 25.6. The van der Waals surface area contributed by atoms with Gasteiger partial charge in [-0.2, -0.15) is 0 Å². The van der Waals surface area contributed by atoms with Gasteiger partial charge < -0.3 is 9.79 Å². The van der Waals surface area contributed by atoms with Crippen molar-refractivity contribution >= 4 is 16.5 Å². The van der Waals surface area contributed by atoms with Crippen LogP contribution >= 0.6 is 16.5 Å². The second-order valence-electron chi connectivity index (χ2n) is 1.53. The predicted octanol–water partition coefficient (Wildman–Crippen LogP) is -0.0802. The van der Waals surface area contributed by atoms with Gasteiger partial charge in [0.05, 0.1) is 6.61 Å². The maximum atomic E-state index is 10.3. The topological polar surface area (TPSA) is 70.0 Å². The van der Waals surface area contributed by atoms with Crippen molar-refractivity contribution in [3.63, 3.8) is 0 Å². The molecular weight excluding hydrogens is 164 g/mol. The molecule has 1 fully saturated rings. The Balaban J connectivity index is 2.52. The van der Waals surface area contributed by atoms with Crippen molar-refractivity contribution in [1.82, 2.24) is 4.60 Å². The van der Waals surface area contributed by atoms with Gasteiger partial charge in [0.25, 0.3) is 0 Å². The summed E-state index contributed by atoms with van der Waals surface area (Å²) in [5.74, 6) is 0. The third-order valence-electron chi connectivity index (χ3n) is 0.799. The average Bonchev–Trinajstić information content (AvgIpc) is 2.08. The number of hydrogen-bond donors (Lipinski definition) is 2. The van der Waals surface area contributed by atoms with Gasteiger partial charge in [-0.15, -0.1) is 0 Å². The Morgan fingerprint density at radius 2 is 2.33 bits per heavy atom. The molecular formula is C2H7NO4P2. The van der Waals surface area contributed by atoms with E-state index in [0.717, 1.165) is 4.60 Å². The molecule has 1 atom stereocenters. The van der Waals surface area contributed by atoms with Gasteiger partial charge in [-0.05, 0) is 8.73 Å². The summed E-state index contributed by atoms with van der Waals surface area (Å²) in [7, 11) is -3.99. The van der Waals surface area contributed by atoms with Gasteiger partial charge >= 0.3 is 7.75 Å². The standard InChI is InChI=1S/C2H7NO4P2/c4-9(5,6)3-7-1-2-8-3/h8H,1-2H2,(H2,4,5,6). The monoisotopic (exact) mass is 171 g/mol. The van der Waals surface area contributed by atoms with Crippen LogP contribution in [0.25, 0.3) is 0 Å². The van der Waals surface area contributed by atoms with Crippen LogP contribution in [0.4, 0.5) is 0 Å². The molecule has 1 saturated heterocycles. The van der Waals surface area contributed by atoms with Crippen LogP contribution in [-0.2, 0) is 9.40 Å².